The van der Waals surface area contributed by atoms with Gasteiger partial charge in [-0.1, -0.05) is 6.92 Å². The lowest BCUT2D eigenvalue weighted by Gasteiger charge is -2.11. The summed E-state index contributed by atoms with van der Waals surface area (Å²) in [5.74, 6) is 0.0349. The third-order valence-corrected chi connectivity index (χ3v) is 3.71. The zero-order chi connectivity index (χ0) is 14.7. The molecule has 2 rings (SSSR count). The van der Waals surface area contributed by atoms with Crippen LogP contribution in [0.2, 0.25) is 0 Å². The van der Waals surface area contributed by atoms with Gasteiger partial charge in [0.2, 0.25) is 0 Å². The van der Waals surface area contributed by atoms with Crippen molar-refractivity contribution >= 4 is 21.7 Å². The van der Waals surface area contributed by atoms with Gasteiger partial charge in [0.25, 0.3) is 0 Å². The van der Waals surface area contributed by atoms with Gasteiger partial charge in [-0.3, -0.25) is 0 Å². The Kier molecular flexibility index (Phi) is 4.54. The number of halogens is 2. The molecule has 0 fully saturated rings. The van der Waals surface area contributed by atoms with Gasteiger partial charge in [-0.15, -0.1) is 0 Å². The Labute approximate surface area is 125 Å². The van der Waals surface area contributed by atoms with Crippen LogP contribution in [0.5, 0.6) is 5.75 Å². The molecule has 1 aromatic heterocycles. The first-order valence-corrected chi connectivity index (χ1v) is 7.09. The van der Waals surface area contributed by atoms with Crippen molar-refractivity contribution in [3.63, 3.8) is 0 Å². The molecule has 0 saturated heterocycles. The van der Waals surface area contributed by atoms with Crippen molar-refractivity contribution in [3.8, 4) is 17.1 Å². The molecule has 0 bridgehead atoms. The number of aromatic hydroxyl groups is 1. The van der Waals surface area contributed by atoms with Crippen molar-refractivity contribution in [2.75, 3.05) is 11.9 Å². The predicted octanol–water partition coefficient (Wildman–Crippen LogP) is 3.88. The monoisotopic (exact) mass is 339 g/mol. The van der Waals surface area contributed by atoms with Crippen LogP contribution < -0.4 is 5.32 Å². The molecule has 2 N–H and O–H groups in total. The number of nitrogens with zero attached hydrogens (tertiary/aromatic N) is 2. The molecule has 20 heavy (non-hydrogen) atoms. The molecule has 0 amide bonds. The Hall–Kier alpha value is -1.69. The van der Waals surface area contributed by atoms with Gasteiger partial charge in [0.1, 0.15) is 5.82 Å². The lowest BCUT2D eigenvalue weighted by Crippen LogP contribution is -2.06. The van der Waals surface area contributed by atoms with Crippen molar-refractivity contribution < 1.29 is 9.50 Å². The number of phenols is 1. The molecular formula is C14H15BrFN3O. The highest BCUT2D eigenvalue weighted by atomic mass is 79.9. The lowest BCUT2D eigenvalue weighted by atomic mass is 10.2. The second-order valence-electron chi connectivity index (χ2n) is 4.39. The van der Waals surface area contributed by atoms with Crippen molar-refractivity contribution in [2.45, 2.75) is 20.3 Å². The summed E-state index contributed by atoms with van der Waals surface area (Å²) >= 11 is 3.44. The van der Waals surface area contributed by atoms with Gasteiger partial charge in [-0.05, 0) is 47.5 Å². The minimum absolute atomic E-state index is 0.382. The maximum absolute atomic E-state index is 13.4. The zero-order valence-corrected chi connectivity index (χ0v) is 12.8. The Morgan fingerprint density at radius 1 is 1.35 bits per heavy atom. The van der Waals surface area contributed by atoms with E-state index in [9.17, 15) is 9.50 Å². The van der Waals surface area contributed by atoms with Gasteiger partial charge in [0.05, 0.1) is 10.2 Å². The summed E-state index contributed by atoms with van der Waals surface area (Å²) in [7, 11) is 0. The van der Waals surface area contributed by atoms with Crippen LogP contribution in [0.3, 0.4) is 0 Å². The fourth-order valence-corrected chi connectivity index (χ4v) is 2.01. The highest BCUT2D eigenvalue weighted by Gasteiger charge is 2.12. The first-order chi connectivity index (χ1) is 9.52. The largest absolute Gasteiger partial charge is 0.505 e. The maximum Gasteiger partial charge on any atom is 0.165 e. The molecule has 4 nitrogen and oxygen atoms in total. The molecule has 0 aliphatic rings. The third-order valence-electron chi connectivity index (χ3n) is 2.77. The van der Waals surface area contributed by atoms with E-state index in [2.05, 4.69) is 38.1 Å². The van der Waals surface area contributed by atoms with Crippen LogP contribution in [0.4, 0.5) is 10.2 Å². The smallest absolute Gasteiger partial charge is 0.165 e. The first kappa shape index (κ1) is 14.7. The molecule has 0 radical (unpaired) electrons. The van der Waals surface area contributed by atoms with E-state index in [1.54, 1.807) is 6.07 Å². The molecule has 1 aromatic carbocycles. The molecule has 0 aliphatic carbocycles. The summed E-state index contributed by atoms with van der Waals surface area (Å²) in [6.45, 7) is 4.70. The summed E-state index contributed by atoms with van der Waals surface area (Å²) in [6.07, 6.45) is 0.971. The summed E-state index contributed by atoms with van der Waals surface area (Å²) in [4.78, 5) is 8.73. The van der Waals surface area contributed by atoms with Crippen LogP contribution in [0.15, 0.2) is 22.7 Å². The molecule has 106 valence electrons. The highest BCUT2D eigenvalue weighted by molar-refractivity contribution is 9.10. The van der Waals surface area contributed by atoms with Gasteiger partial charge in [0, 0.05) is 12.1 Å². The van der Waals surface area contributed by atoms with E-state index in [-0.39, 0.29) is 5.75 Å². The molecule has 0 aliphatic heterocycles. The second kappa shape index (κ2) is 6.17. The fraction of sp³-hybridized carbons (Fsp3) is 0.286. The summed E-state index contributed by atoms with van der Waals surface area (Å²) < 4.78 is 14.2. The van der Waals surface area contributed by atoms with Crippen molar-refractivity contribution in [1.29, 1.82) is 0 Å². The van der Waals surface area contributed by atoms with Gasteiger partial charge >= 0.3 is 0 Å². The molecule has 2 aromatic rings. The number of hydrogen-bond donors (Lipinski definition) is 2. The third kappa shape index (κ3) is 3.07. The lowest BCUT2D eigenvalue weighted by molar-refractivity contribution is 0.432. The summed E-state index contributed by atoms with van der Waals surface area (Å²) in [5, 5.41) is 12.4. The number of rotatable bonds is 4. The number of phenolic OH excluding ortho intramolecular Hbond substituents is 1. The summed E-state index contributed by atoms with van der Waals surface area (Å²) in [5.41, 5.74) is 1.29. The Morgan fingerprint density at radius 2 is 2.10 bits per heavy atom. The number of aryl methyl sites for hydroxylation is 1. The van der Waals surface area contributed by atoms with E-state index in [1.165, 1.54) is 12.1 Å². The fourth-order valence-electron chi connectivity index (χ4n) is 1.69. The first-order valence-electron chi connectivity index (χ1n) is 6.29. The van der Waals surface area contributed by atoms with Crippen molar-refractivity contribution in [2.24, 2.45) is 0 Å². The average Bonchev–Trinajstić information content (AvgIpc) is 2.43. The standard InChI is InChI=1S/C14H15BrFN3O/c1-3-6-17-14-12(15)8(2)18-13(19-14)9-4-5-11(20)10(16)7-9/h4-5,7,20H,3,6H2,1-2H3,(H,17,18,19). The number of benzene rings is 1. The average molecular weight is 340 g/mol. The molecule has 0 spiro atoms. The van der Waals surface area contributed by atoms with Gasteiger partial charge < -0.3 is 10.4 Å². The van der Waals surface area contributed by atoms with Crippen LogP contribution in [0.1, 0.15) is 19.0 Å². The van der Waals surface area contributed by atoms with E-state index in [0.29, 0.717) is 17.2 Å². The zero-order valence-electron chi connectivity index (χ0n) is 11.2. The van der Waals surface area contributed by atoms with E-state index in [0.717, 1.165) is 23.1 Å². The number of nitrogens with one attached hydrogen (secondary N) is 1. The molecule has 0 atom stereocenters. The number of hydrogen-bond acceptors (Lipinski definition) is 4. The Bertz CT molecular complexity index is 634. The van der Waals surface area contributed by atoms with E-state index < -0.39 is 5.82 Å². The highest BCUT2D eigenvalue weighted by Crippen LogP contribution is 2.28. The molecular weight excluding hydrogens is 325 g/mol. The van der Waals surface area contributed by atoms with Crippen LogP contribution in [0, 0.1) is 12.7 Å². The SMILES string of the molecule is CCCNc1nc(-c2ccc(O)c(F)c2)nc(C)c1Br. The summed E-state index contributed by atoms with van der Waals surface area (Å²) in [6, 6.07) is 4.11. The predicted molar refractivity (Wildman–Crippen MR) is 80.3 cm³/mol. The number of aromatic nitrogens is 2. The second-order valence-corrected chi connectivity index (χ2v) is 5.18. The molecule has 0 unspecified atom stereocenters. The topological polar surface area (TPSA) is 58.0 Å². The Morgan fingerprint density at radius 3 is 2.75 bits per heavy atom. The van der Waals surface area contributed by atoms with Crippen LogP contribution in [0.25, 0.3) is 11.4 Å². The van der Waals surface area contributed by atoms with Gasteiger partial charge in [-0.25, -0.2) is 14.4 Å². The minimum atomic E-state index is -0.685. The van der Waals surface area contributed by atoms with E-state index in [4.69, 9.17) is 0 Å². The molecule has 0 saturated carbocycles. The van der Waals surface area contributed by atoms with E-state index >= 15 is 0 Å². The molecule has 1 heterocycles. The van der Waals surface area contributed by atoms with Crippen molar-refractivity contribution in [3.05, 3.63) is 34.2 Å². The minimum Gasteiger partial charge on any atom is -0.505 e. The van der Waals surface area contributed by atoms with Crippen LogP contribution >= 0.6 is 15.9 Å². The van der Waals surface area contributed by atoms with Gasteiger partial charge in [-0.2, -0.15) is 0 Å². The van der Waals surface area contributed by atoms with E-state index in [1.807, 2.05) is 6.92 Å². The normalized spacial score (nSPS) is 10.6. The van der Waals surface area contributed by atoms with Crippen LogP contribution in [-0.4, -0.2) is 21.6 Å². The van der Waals surface area contributed by atoms with Crippen LogP contribution in [-0.2, 0) is 0 Å². The Balaban J connectivity index is 2.45. The number of anilines is 1. The maximum atomic E-state index is 13.4. The van der Waals surface area contributed by atoms with Crippen molar-refractivity contribution in [1.82, 2.24) is 9.97 Å². The van der Waals surface area contributed by atoms with Gasteiger partial charge in [0.15, 0.2) is 17.4 Å². The quantitative estimate of drug-likeness (QED) is 0.887. The molecule has 6 heteroatoms.